The van der Waals surface area contributed by atoms with Crippen LogP contribution < -0.4 is 4.72 Å². The molecule has 0 aliphatic carbocycles. The van der Waals surface area contributed by atoms with Crippen LogP contribution in [-0.2, 0) is 15.0 Å². The van der Waals surface area contributed by atoms with Crippen LogP contribution >= 0.6 is 11.8 Å². The summed E-state index contributed by atoms with van der Waals surface area (Å²) in [5, 5.41) is 9.06. The summed E-state index contributed by atoms with van der Waals surface area (Å²) in [6.07, 6.45) is 3.99. The molecule has 1 aliphatic heterocycles. The number of rotatable bonds is 7. The fraction of sp³-hybridized carbons (Fsp3) is 0.909. The number of carboxylic acid groups (broad SMARTS) is 1. The second-order valence-corrected chi connectivity index (χ2v) is 7.59. The van der Waals surface area contributed by atoms with Gasteiger partial charge in [-0.3, -0.25) is 4.79 Å². The maximum absolute atomic E-state index is 12.2. The predicted molar refractivity (Wildman–Crippen MR) is 76.4 cm³/mol. The SMILES string of the molecule is CSCC[C@@H](NS(=O)(=O)N1CCCC(C)C1)C(=O)O. The maximum Gasteiger partial charge on any atom is 0.321 e. The molecule has 19 heavy (non-hydrogen) atoms. The minimum Gasteiger partial charge on any atom is -0.480 e. The normalized spacial score (nSPS) is 23.2. The van der Waals surface area contributed by atoms with E-state index >= 15 is 0 Å². The monoisotopic (exact) mass is 310 g/mol. The van der Waals surface area contributed by atoms with E-state index in [2.05, 4.69) is 4.72 Å². The van der Waals surface area contributed by atoms with E-state index in [1.54, 1.807) is 0 Å². The van der Waals surface area contributed by atoms with E-state index in [0.717, 1.165) is 12.8 Å². The molecule has 1 heterocycles. The lowest BCUT2D eigenvalue weighted by atomic mass is 10.0. The van der Waals surface area contributed by atoms with Crippen molar-refractivity contribution in [1.29, 1.82) is 0 Å². The Morgan fingerprint density at radius 3 is 2.79 bits per heavy atom. The molecular formula is C11H22N2O4S2. The summed E-state index contributed by atoms with van der Waals surface area (Å²) < 4.78 is 28.0. The molecule has 0 spiro atoms. The van der Waals surface area contributed by atoms with Gasteiger partial charge in [-0.2, -0.15) is 29.2 Å². The molecule has 0 bridgehead atoms. The maximum atomic E-state index is 12.2. The van der Waals surface area contributed by atoms with Gasteiger partial charge in [0.2, 0.25) is 0 Å². The fourth-order valence-corrected chi connectivity index (χ4v) is 4.11. The number of nitrogens with zero attached hydrogens (tertiary/aromatic N) is 1. The smallest absolute Gasteiger partial charge is 0.321 e. The van der Waals surface area contributed by atoms with Crippen LogP contribution in [0.25, 0.3) is 0 Å². The second-order valence-electron chi connectivity index (χ2n) is 4.90. The molecule has 1 fully saturated rings. The number of carbonyl (C=O) groups is 1. The van der Waals surface area contributed by atoms with E-state index < -0.39 is 22.2 Å². The van der Waals surface area contributed by atoms with Gasteiger partial charge in [-0.05, 0) is 37.2 Å². The summed E-state index contributed by atoms with van der Waals surface area (Å²) in [5.74, 6) is -0.196. The van der Waals surface area contributed by atoms with E-state index in [1.165, 1.54) is 16.1 Å². The number of thioether (sulfide) groups is 1. The topological polar surface area (TPSA) is 86.7 Å². The molecule has 2 atom stereocenters. The number of piperidine rings is 1. The van der Waals surface area contributed by atoms with Gasteiger partial charge < -0.3 is 5.11 Å². The highest BCUT2D eigenvalue weighted by Gasteiger charge is 2.31. The highest BCUT2D eigenvalue weighted by molar-refractivity contribution is 7.98. The first kappa shape index (κ1) is 16.7. The molecule has 1 rings (SSSR count). The molecule has 6 nitrogen and oxygen atoms in total. The molecule has 112 valence electrons. The van der Waals surface area contributed by atoms with Crippen LogP contribution in [0.15, 0.2) is 0 Å². The van der Waals surface area contributed by atoms with Crippen molar-refractivity contribution < 1.29 is 18.3 Å². The standard InChI is InChI=1S/C11H22N2O4S2/c1-9-4-3-6-13(8-9)19(16,17)12-10(11(14)15)5-7-18-2/h9-10,12H,3-8H2,1-2H3,(H,14,15)/t9?,10-/m1/s1. The van der Waals surface area contributed by atoms with Gasteiger partial charge in [0.15, 0.2) is 0 Å². The van der Waals surface area contributed by atoms with Crippen molar-refractivity contribution in [1.82, 2.24) is 9.03 Å². The fourth-order valence-electron chi connectivity index (χ4n) is 2.09. The molecule has 1 saturated heterocycles. The molecule has 2 N–H and O–H groups in total. The summed E-state index contributed by atoms with van der Waals surface area (Å²) in [7, 11) is -3.70. The van der Waals surface area contributed by atoms with E-state index in [9.17, 15) is 13.2 Å². The van der Waals surface area contributed by atoms with Crippen LogP contribution in [0.2, 0.25) is 0 Å². The molecule has 0 saturated carbocycles. The molecule has 0 radical (unpaired) electrons. The molecule has 8 heteroatoms. The Hall–Kier alpha value is -0.310. The average molecular weight is 310 g/mol. The van der Waals surface area contributed by atoms with Crippen molar-refractivity contribution in [3.05, 3.63) is 0 Å². The Balaban J connectivity index is 2.67. The predicted octanol–water partition coefficient (Wildman–Crippen LogP) is 0.759. The Bertz CT molecular complexity index is 399. The summed E-state index contributed by atoms with van der Waals surface area (Å²) in [6.45, 7) is 2.93. The lowest BCUT2D eigenvalue weighted by Crippen LogP contribution is -2.51. The highest BCUT2D eigenvalue weighted by atomic mass is 32.2. The molecule has 0 aromatic carbocycles. The van der Waals surface area contributed by atoms with Gasteiger partial charge in [0, 0.05) is 13.1 Å². The molecule has 0 aromatic rings. The number of carboxylic acids is 1. The van der Waals surface area contributed by atoms with Gasteiger partial charge in [-0.25, -0.2) is 0 Å². The van der Waals surface area contributed by atoms with Gasteiger partial charge in [0.25, 0.3) is 10.2 Å². The first-order valence-corrected chi connectivity index (χ1v) is 9.19. The van der Waals surface area contributed by atoms with E-state index in [1.807, 2.05) is 13.2 Å². The average Bonchev–Trinajstić information content (AvgIpc) is 2.34. The van der Waals surface area contributed by atoms with Crippen molar-refractivity contribution in [3.8, 4) is 0 Å². The van der Waals surface area contributed by atoms with Crippen molar-refractivity contribution in [3.63, 3.8) is 0 Å². The quantitative estimate of drug-likeness (QED) is 0.725. The first-order valence-electron chi connectivity index (χ1n) is 6.36. The highest BCUT2D eigenvalue weighted by Crippen LogP contribution is 2.18. The number of nitrogens with one attached hydrogen (secondary N) is 1. The van der Waals surface area contributed by atoms with Gasteiger partial charge in [-0.15, -0.1) is 0 Å². The Morgan fingerprint density at radius 1 is 1.58 bits per heavy atom. The lowest BCUT2D eigenvalue weighted by molar-refractivity contribution is -0.139. The summed E-state index contributed by atoms with van der Waals surface area (Å²) in [6, 6.07) is -1.05. The third-order valence-electron chi connectivity index (χ3n) is 3.16. The summed E-state index contributed by atoms with van der Waals surface area (Å²) >= 11 is 1.50. The van der Waals surface area contributed by atoms with Gasteiger partial charge >= 0.3 is 5.97 Å². The van der Waals surface area contributed by atoms with Crippen LogP contribution in [0.1, 0.15) is 26.2 Å². The Kier molecular flexibility index (Phi) is 6.58. The largest absolute Gasteiger partial charge is 0.480 e. The third-order valence-corrected chi connectivity index (χ3v) is 5.40. The van der Waals surface area contributed by atoms with Crippen LogP contribution in [0.3, 0.4) is 0 Å². The Labute approximate surface area is 119 Å². The van der Waals surface area contributed by atoms with Crippen LogP contribution in [0, 0.1) is 5.92 Å². The Morgan fingerprint density at radius 2 is 2.26 bits per heavy atom. The number of hydrogen-bond donors (Lipinski definition) is 2. The van der Waals surface area contributed by atoms with Crippen molar-refractivity contribution in [2.75, 3.05) is 25.1 Å². The van der Waals surface area contributed by atoms with Crippen LogP contribution in [0.5, 0.6) is 0 Å². The molecule has 1 unspecified atom stereocenters. The number of hydrogen-bond acceptors (Lipinski definition) is 4. The number of aliphatic carboxylic acids is 1. The second kappa shape index (κ2) is 7.47. The zero-order chi connectivity index (χ0) is 14.5. The summed E-state index contributed by atoms with van der Waals surface area (Å²) in [5.41, 5.74) is 0. The first-order chi connectivity index (χ1) is 8.86. The third kappa shape index (κ3) is 5.29. The zero-order valence-electron chi connectivity index (χ0n) is 11.3. The van der Waals surface area contributed by atoms with Crippen LogP contribution in [0.4, 0.5) is 0 Å². The zero-order valence-corrected chi connectivity index (χ0v) is 13.0. The molecule has 0 aromatic heterocycles. The minimum absolute atomic E-state index is 0.291. The van der Waals surface area contributed by atoms with E-state index in [4.69, 9.17) is 5.11 Å². The molecular weight excluding hydrogens is 288 g/mol. The van der Waals surface area contributed by atoms with Gasteiger partial charge in [0.1, 0.15) is 6.04 Å². The summed E-state index contributed by atoms with van der Waals surface area (Å²) in [4.78, 5) is 11.1. The van der Waals surface area contributed by atoms with E-state index in [-0.39, 0.29) is 0 Å². The van der Waals surface area contributed by atoms with E-state index in [0.29, 0.717) is 31.2 Å². The lowest BCUT2D eigenvalue weighted by Gasteiger charge is -2.31. The van der Waals surface area contributed by atoms with Gasteiger partial charge in [-0.1, -0.05) is 6.92 Å². The minimum atomic E-state index is -3.70. The van der Waals surface area contributed by atoms with Crippen molar-refractivity contribution in [2.45, 2.75) is 32.2 Å². The van der Waals surface area contributed by atoms with Crippen molar-refractivity contribution in [2.24, 2.45) is 5.92 Å². The van der Waals surface area contributed by atoms with Crippen LogP contribution in [-0.4, -0.2) is 54.9 Å². The van der Waals surface area contributed by atoms with Gasteiger partial charge in [0.05, 0.1) is 0 Å². The van der Waals surface area contributed by atoms with Crippen molar-refractivity contribution >= 4 is 27.9 Å². The molecule has 1 aliphatic rings. The molecule has 0 amide bonds.